The Bertz CT molecular complexity index is 571. The van der Waals surface area contributed by atoms with E-state index in [1.807, 2.05) is 0 Å². The smallest absolute Gasteiger partial charge is 0.387 e. The second-order valence-electron chi connectivity index (χ2n) is 3.29. The summed E-state index contributed by atoms with van der Waals surface area (Å²) < 4.78 is 28.6. The Hall–Kier alpha value is -2.98. The van der Waals surface area contributed by atoms with Crippen molar-refractivity contribution in [2.45, 2.75) is 6.61 Å². The molecule has 6 N–H and O–H groups in total. The zero-order valence-electron chi connectivity index (χ0n) is 9.86. The van der Waals surface area contributed by atoms with Crippen LogP contribution < -0.4 is 21.9 Å². The van der Waals surface area contributed by atoms with Gasteiger partial charge in [-0.15, -0.1) is 0 Å². The van der Waals surface area contributed by atoms with Crippen LogP contribution in [0.25, 0.3) is 0 Å². The Labute approximate surface area is 110 Å². The molecule has 20 heavy (non-hydrogen) atoms. The summed E-state index contributed by atoms with van der Waals surface area (Å²) in [5.41, 5.74) is 14.7. The van der Waals surface area contributed by atoms with E-state index < -0.39 is 29.2 Å². The van der Waals surface area contributed by atoms with Gasteiger partial charge in [-0.25, -0.2) is 4.99 Å². The van der Waals surface area contributed by atoms with Gasteiger partial charge in [-0.2, -0.15) is 13.8 Å². The van der Waals surface area contributed by atoms with Gasteiger partial charge in [0.2, 0.25) is 5.96 Å². The Kier molecular flexibility index (Phi) is 4.72. The molecule has 9 nitrogen and oxygen atoms in total. The van der Waals surface area contributed by atoms with E-state index in [0.717, 1.165) is 18.2 Å². The van der Waals surface area contributed by atoms with Gasteiger partial charge in [0.05, 0.1) is 4.92 Å². The van der Waals surface area contributed by atoms with Crippen molar-refractivity contribution in [1.29, 1.82) is 0 Å². The van der Waals surface area contributed by atoms with Crippen molar-refractivity contribution in [1.82, 2.24) is 0 Å². The zero-order valence-corrected chi connectivity index (χ0v) is 9.86. The van der Waals surface area contributed by atoms with Crippen molar-refractivity contribution in [2.75, 3.05) is 0 Å². The number of alkyl halides is 2. The first kappa shape index (κ1) is 15.1. The molecule has 1 aromatic carbocycles. The monoisotopic (exact) mass is 288 g/mol. The van der Waals surface area contributed by atoms with E-state index in [-0.39, 0.29) is 11.4 Å². The molecule has 0 amide bonds. The van der Waals surface area contributed by atoms with Gasteiger partial charge >= 0.3 is 6.61 Å². The molecule has 0 saturated heterocycles. The maximum atomic E-state index is 12.2. The predicted octanol–water partition coefficient (Wildman–Crippen LogP) is 0.416. The third kappa shape index (κ3) is 4.36. The highest BCUT2D eigenvalue weighted by Gasteiger charge is 2.15. The number of ether oxygens (including phenoxy) is 1. The standard InChI is InChI=1S/C9H10F2N6O3/c10-7(11)20-6-2-1-4(17(18)19)3-5(6)15-9(14)16-8(12)13/h1-3,7H,(H6,12,13,14,15,16). The molecule has 108 valence electrons. The number of nitro groups is 1. The number of non-ortho nitro benzene ring substituents is 1. The fourth-order valence-electron chi connectivity index (χ4n) is 1.18. The van der Waals surface area contributed by atoms with Crippen LogP contribution >= 0.6 is 0 Å². The van der Waals surface area contributed by atoms with Crippen LogP contribution in [-0.4, -0.2) is 23.5 Å². The molecule has 0 aliphatic rings. The first-order valence-corrected chi connectivity index (χ1v) is 4.96. The summed E-state index contributed by atoms with van der Waals surface area (Å²) in [6.45, 7) is -3.13. The van der Waals surface area contributed by atoms with Crippen LogP contribution in [-0.2, 0) is 0 Å². The third-order valence-corrected chi connectivity index (χ3v) is 1.85. The quantitative estimate of drug-likeness (QED) is 0.315. The fraction of sp³-hybridized carbons (Fsp3) is 0.111. The second-order valence-corrected chi connectivity index (χ2v) is 3.29. The number of hydrogen-bond donors (Lipinski definition) is 3. The number of rotatable bonds is 4. The Morgan fingerprint density at radius 1 is 1.35 bits per heavy atom. The summed E-state index contributed by atoms with van der Waals surface area (Å²) >= 11 is 0. The number of hydrogen-bond acceptors (Lipinski definition) is 4. The lowest BCUT2D eigenvalue weighted by Crippen LogP contribution is -2.26. The Morgan fingerprint density at radius 3 is 2.50 bits per heavy atom. The summed E-state index contributed by atoms with van der Waals surface area (Å²) in [7, 11) is 0. The number of benzene rings is 1. The van der Waals surface area contributed by atoms with E-state index in [4.69, 9.17) is 17.2 Å². The van der Waals surface area contributed by atoms with E-state index in [2.05, 4.69) is 14.7 Å². The molecule has 0 aliphatic carbocycles. The van der Waals surface area contributed by atoms with Crippen molar-refractivity contribution < 1.29 is 18.4 Å². The number of guanidine groups is 2. The van der Waals surface area contributed by atoms with Gasteiger partial charge in [-0.3, -0.25) is 10.1 Å². The summed E-state index contributed by atoms with van der Waals surface area (Å²) in [5, 5.41) is 10.6. The predicted molar refractivity (Wildman–Crippen MR) is 66.8 cm³/mol. The lowest BCUT2D eigenvalue weighted by Gasteiger charge is -2.07. The molecule has 0 saturated carbocycles. The van der Waals surface area contributed by atoms with E-state index in [0.29, 0.717) is 0 Å². The van der Waals surface area contributed by atoms with Gasteiger partial charge in [-0.05, 0) is 6.07 Å². The lowest BCUT2D eigenvalue weighted by atomic mass is 10.2. The van der Waals surface area contributed by atoms with Gasteiger partial charge in [0.25, 0.3) is 5.69 Å². The van der Waals surface area contributed by atoms with Crippen molar-refractivity contribution in [3.63, 3.8) is 0 Å². The zero-order chi connectivity index (χ0) is 15.3. The molecule has 1 aromatic rings. The molecule has 0 radical (unpaired) electrons. The second kappa shape index (κ2) is 6.26. The number of nitrogens with two attached hydrogens (primary N) is 3. The molecule has 0 unspecified atom stereocenters. The van der Waals surface area contributed by atoms with Gasteiger partial charge in [0, 0.05) is 12.1 Å². The van der Waals surface area contributed by atoms with E-state index in [1.165, 1.54) is 0 Å². The van der Waals surface area contributed by atoms with Crippen molar-refractivity contribution >= 4 is 23.3 Å². The topological polar surface area (TPSA) is 155 Å². The maximum absolute atomic E-state index is 12.2. The van der Waals surface area contributed by atoms with Crippen molar-refractivity contribution in [2.24, 2.45) is 27.2 Å². The fourth-order valence-corrected chi connectivity index (χ4v) is 1.18. The van der Waals surface area contributed by atoms with Gasteiger partial charge in [0.1, 0.15) is 5.69 Å². The number of halogens is 2. The van der Waals surface area contributed by atoms with Crippen LogP contribution in [0.5, 0.6) is 5.75 Å². The number of nitrogens with zero attached hydrogens (tertiary/aromatic N) is 3. The summed E-state index contributed by atoms with van der Waals surface area (Å²) in [5.74, 6) is -1.28. The van der Waals surface area contributed by atoms with Crippen LogP contribution in [0, 0.1) is 10.1 Å². The maximum Gasteiger partial charge on any atom is 0.387 e. The highest BCUT2D eigenvalue weighted by molar-refractivity contribution is 5.94. The molecule has 0 bridgehead atoms. The Morgan fingerprint density at radius 2 is 2.00 bits per heavy atom. The van der Waals surface area contributed by atoms with Gasteiger partial charge in [-0.1, -0.05) is 0 Å². The van der Waals surface area contributed by atoms with Crippen LogP contribution in [0.4, 0.5) is 20.2 Å². The average molecular weight is 288 g/mol. The molecule has 0 fully saturated rings. The highest BCUT2D eigenvalue weighted by atomic mass is 19.3. The summed E-state index contributed by atoms with van der Waals surface area (Å²) in [6.07, 6.45) is 0. The van der Waals surface area contributed by atoms with Gasteiger partial charge < -0.3 is 21.9 Å². The normalized spacial score (nSPS) is 11.2. The highest BCUT2D eigenvalue weighted by Crippen LogP contribution is 2.32. The van der Waals surface area contributed by atoms with Crippen LogP contribution in [0.1, 0.15) is 0 Å². The summed E-state index contributed by atoms with van der Waals surface area (Å²) in [6, 6.07) is 2.84. The van der Waals surface area contributed by atoms with Crippen LogP contribution in [0.2, 0.25) is 0 Å². The first-order valence-electron chi connectivity index (χ1n) is 4.96. The molecular weight excluding hydrogens is 278 g/mol. The summed E-state index contributed by atoms with van der Waals surface area (Å²) in [4.78, 5) is 16.8. The third-order valence-electron chi connectivity index (χ3n) is 1.85. The molecule has 0 aromatic heterocycles. The Balaban J connectivity index is 3.27. The van der Waals surface area contributed by atoms with E-state index in [9.17, 15) is 18.9 Å². The number of aliphatic imine (C=N–C) groups is 2. The van der Waals surface area contributed by atoms with Crippen LogP contribution in [0.15, 0.2) is 28.2 Å². The minimum atomic E-state index is -3.13. The molecule has 1 rings (SSSR count). The molecule has 11 heteroatoms. The first-order chi connectivity index (χ1) is 9.29. The van der Waals surface area contributed by atoms with Crippen molar-refractivity contribution in [3.05, 3.63) is 28.3 Å². The van der Waals surface area contributed by atoms with Crippen molar-refractivity contribution in [3.8, 4) is 5.75 Å². The lowest BCUT2D eigenvalue weighted by molar-refractivity contribution is -0.384. The molecule has 0 spiro atoms. The van der Waals surface area contributed by atoms with E-state index in [1.54, 1.807) is 0 Å². The number of nitro benzene ring substituents is 1. The van der Waals surface area contributed by atoms with Gasteiger partial charge in [0.15, 0.2) is 11.7 Å². The van der Waals surface area contributed by atoms with Crippen LogP contribution in [0.3, 0.4) is 0 Å². The molecule has 0 aliphatic heterocycles. The minimum Gasteiger partial charge on any atom is -0.433 e. The molecule has 0 heterocycles. The van der Waals surface area contributed by atoms with E-state index >= 15 is 0 Å². The SMILES string of the molecule is NC(N)=NC(N)=Nc1cc([N+](=O)[O-])ccc1OC(F)F. The molecule has 0 atom stereocenters. The average Bonchev–Trinajstić information content (AvgIpc) is 2.29. The minimum absolute atomic E-state index is 0.304. The molecular formula is C9H10F2N6O3. The largest absolute Gasteiger partial charge is 0.433 e.